The fourth-order valence-corrected chi connectivity index (χ4v) is 3.33. The molecule has 0 radical (unpaired) electrons. The number of halogens is 1. The zero-order chi connectivity index (χ0) is 14.7. The zero-order valence-corrected chi connectivity index (χ0v) is 14.7. The number of aromatic nitrogens is 2. The second-order valence-electron chi connectivity index (χ2n) is 6.14. The van der Waals surface area contributed by atoms with Crippen LogP contribution in [-0.4, -0.2) is 39.9 Å². The third-order valence-electron chi connectivity index (χ3n) is 4.21. The molecule has 2 rings (SSSR count). The van der Waals surface area contributed by atoms with Gasteiger partial charge in [0.15, 0.2) is 0 Å². The van der Waals surface area contributed by atoms with Crippen LogP contribution in [0.2, 0.25) is 0 Å². The van der Waals surface area contributed by atoms with Crippen molar-refractivity contribution >= 4 is 15.9 Å². The van der Waals surface area contributed by atoms with Crippen molar-refractivity contribution in [1.82, 2.24) is 20.0 Å². The number of nitrogens with one attached hydrogen (secondary N) is 1. The SMILES string of the molecule is Cc1nn(C)c(CN(CC2CCCCN2)C(C)C)c1Br. The lowest BCUT2D eigenvalue weighted by molar-refractivity contribution is 0.173. The van der Waals surface area contributed by atoms with Crippen molar-refractivity contribution in [1.29, 1.82) is 0 Å². The fourth-order valence-electron chi connectivity index (χ4n) is 2.87. The summed E-state index contributed by atoms with van der Waals surface area (Å²) >= 11 is 3.68. The largest absolute Gasteiger partial charge is 0.313 e. The number of nitrogens with zero attached hydrogens (tertiary/aromatic N) is 3. The molecule has 114 valence electrons. The predicted molar refractivity (Wildman–Crippen MR) is 86.8 cm³/mol. The molecule has 1 saturated heterocycles. The summed E-state index contributed by atoms with van der Waals surface area (Å²) in [6, 6.07) is 1.18. The van der Waals surface area contributed by atoms with E-state index in [4.69, 9.17) is 0 Å². The Hall–Kier alpha value is -0.390. The Bertz CT molecular complexity index is 435. The molecule has 0 aromatic carbocycles. The number of piperidine rings is 1. The lowest BCUT2D eigenvalue weighted by atomic mass is 10.0. The van der Waals surface area contributed by atoms with E-state index in [0.717, 1.165) is 23.3 Å². The van der Waals surface area contributed by atoms with E-state index in [9.17, 15) is 0 Å². The number of rotatable bonds is 5. The maximum absolute atomic E-state index is 4.50. The van der Waals surface area contributed by atoms with E-state index in [0.29, 0.717) is 12.1 Å². The van der Waals surface area contributed by atoms with E-state index in [1.54, 1.807) is 0 Å². The molecule has 1 fully saturated rings. The molecule has 20 heavy (non-hydrogen) atoms. The quantitative estimate of drug-likeness (QED) is 0.893. The van der Waals surface area contributed by atoms with Crippen molar-refractivity contribution < 1.29 is 0 Å². The molecule has 2 heterocycles. The van der Waals surface area contributed by atoms with Crippen molar-refractivity contribution in [3.05, 3.63) is 15.9 Å². The van der Waals surface area contributed by atoms with Crippen molar-refractivity contribution in [2.24, 2.45) is 7.05 Å². The monoisotopic (exact) mass is 342 g/mol. The summed E-state index contributed by atoms with van der Waals surface area (Å²) in [5.41, 5.74) is 2.34. The smallest absolute Gasteiger partial charge is 0.0739 e. The first kappa shape index (κ1) is 16.0. The molecule has 0 amide bonds. The number of hydrogen-bond acceptors (Lipinski definition) is 3. The molecule has 1 atom stereocenters. The molecule has 1 unspecified atom stereocenters. The number of hydrogen-bond donors (Lipinski definition) is 1. The molecule has 0 bridgehead atoms. The van der Waals surface area contributed by atoms with Crippen molar-refractivity contribution in [3.63, 3.8) is 0 Å². The minimum absolute atomic E-state index is 0.542. The van der Waals surface area contributed by atoms with Gasteiger partial charge in [-0.15, -0.1) is 0 Å². The van der Waals surface area contributed by atoms with E-state index in [2.05, 4.69) is 52.0 Å². The van der Waals surface area contributed by atoms with Gasteiger partial charge in [0.1, 0.15) is 0 Å². The topological polar surface area (TPSA) is 33.1 Å². The maximum atomic E-state index is 4.50. The summed E-state index contributed by atoms with van der Waals surface area (Å²) in [5.74, 6) is 0. The van der Waals surface area contributed by atoms with Gasteiger partial charge >= 0.3 is 0 Å². The standard InChI is InChI=1S/C15H27BrN4/c1-11(2)20(9-13-7-5-6-8-17-13)10-14-15(16)12(3)18-19(14)4/h11,13,17H,5-10H2,1-4H3. The van der Waals surface area contributed by atoms with Crippen LogP contribution in [-0.2, 0) is 13.6 Å². The molecule has 0 aliphatic carbocycles. The molecule has 1 aliphatic heterocycles. The molecule has 1 aliphatic rings. The van der Waals surface area contributed by atoms with Crippen LogP contribution >= 0.6 is 15.9 Å². The Kier molecular flexibility index (Phi) is 5.64. The third-order valence-corrected chi connectivity index (χ3v) is 5.24. The first-order valence-corrected chi connectivity index (χ1v) is 8.43. The second kappa shape index (κ2) is 7.05. The van der Waals surface area contributed by atoms with Gasteiger partial charge in [0.25, 0.3) is 0 Å². The second-order valence-corrected chi connectivity index (χ2v) is 6.93. The van der Waals surface area contributed by atoms with Gasteiger partial charge in [-0.05, 0) is 56.1 Å². The Labute approximate surface area is 131 Å². The van der Waals surface area contributed by atoms with Gasteiger partial charge in [0.05, 0.1) is 15.9 Å². The molecule has 1 aromatic heterocycles. The highest BCUT2D eigenvalue weighted by atomic mass is 79.9. The molecular weight excluding hydrogens is 316 g/mol. The minimum Gasteiger partial charge on any atom is -0.313 e. The molecule has 1 N–H and O–H groups in total. The summed E-state index contributed by atoms with van der Waals surface area (Å²) in [6.07, 6.45) is 3.98. The zero-order valence-electron chi connectivity index (χ0n) is 13.1. The first-order chi connectivity index (χ1) is 9.49. The van der Waals surface area contributed by atoms with E-state index in [1.165, 1.54) is 31.5 Å². The van der Waals surface area contributed by atoms with Crippen LogP contribution in [0.5, 0.6) is 0 Å². The average molecular weight is 343 g/mol. The van der Waals surface area contributed by atoms with Gasteiger partial charge in [-0.2, -0.15) is 5.10 Å². The van der Waals surface area contributed by atoms with Crippen LogP contribution in [0.3, 0.4) is 0 Å². The Morgan fingerprint density at radius 3 is 2.70 bits per heavy atom. The van der Waals surface area contributed by atoms with Gasteiger partial charge in [-0.3, -0.25) is 9.58 Å². The first-order valence-electron chi connectivity index (χ1n) is 7.64. The average Bonchev–Trinajstić information content (AvgIpc) is 2.65. The van der Waals surface area contributed by atoms with Crippen LogP contribution in [0.15, 0.2) is 4.47 Å². The molecule has 1 aromatic rings. The van der Waals surface area contributed by atoms with E-state index in [1.807, 2.05) is 11.7 Å². The van der Waals surface area contributed by atoms with Crippen LogP contribution < -0.4 is 5.32 Å². The van der Waals surface area contributed by atoms with Gasteiger partial charge < -0.3 is 5.32 Å². The summed E-state index contributed by atoms with van der Waals surface area (Å²) in [7, 11) is 2.03. The number of aryl methyl sites for hydroxylation is 2. The van der Waals surface area contributed by atoms with Crippen LogP contribution in [0.25, 0.3) is 0 Å². The molecule has 0 saturated carbocycles. The molecule has 0 spiro atoms. The minimum atomic E-state index is 0.542. The van der Waals surface area contributed by atoms with Crippen molar-refractivity contribution in [3.8, 4) is 0 Å². The van der Waals surface area contributed by atoms with E-state index >= 15 is 0 Å². The molecular formula is C15H27BrN4. The Morgan fingerprint density at radius 2 is 2.20 bits per heavy atom. The summed E-state index contributed by atoms with van der Waals surface area (Å²) in [6.45, 7) is 9.85. The van der Waals surface area contributed by atoms with Gasteiger partial charge in [-0.25, -0.2) is 0 Å². The lowest BCUT2D eigenvalue weighted by Gasteiger charge is -2.33. The maximum Gasteiger partial charge on any atom is 0.0739 e. The van der Waals surface area contributed by atoms with Gasteiger partial charge in [0.2, 0.25) is 0 Å². The van der Waals surface area contributed by atoms with Crippen LogP contribution in [0.4, 0.5) is 0 Å². The highest BCUT2D eigenvalue weighted by Gasteiger charge is 2.21. The molecule has 5 heteroatoms. The Balaban J connectivity index is 2.05. The van der Waals surface area contributed by atoms with E-state index < -0.39 is 0 Å². The lowest BCUT2D eigenvalue weighted by Crippen LogP contribution is -2.45. The highest BCUT2D eigenvalue weighted by molar-refractivity contribution is 9.10. The predicted octanol–water partition coefficient (Wildman–Crippen LogP) is 2.84. The summed E-state index contributed by atoms with van der Waals surface area (Å²) < 4.78 is 3.16. The Morgan fingerprint density at radius 1 is 1.45 bits per heavy atom. The van der Waals surface area contributed by atoms with Crippen molar-refractivity contribution in [2.75, 3.05) is 13.1 Å². The van der Waals surface area contributed by atoms with Crippen LogP contribution in [0, 0.1) is 6.92 Å². The van der Waals surface area contributed by atoms with E-state index in [-0.39, 0.29) is 0 Å². The van der Waals surface area contributed by atoms with Gasteiger partial charge in [0, 0.05) is 32.2 Å². The van der Waals surface area contributed by atoms with Crippen LogP contribution in [0.1, 0.15) is 44.5 Å². The van der Waals surface area contributed by atoms with Crippen molar-refractivity contribution in [2.45, 2.75) is 58.7 Å². The summed E-state index contributed by atoms with van der Waals surface area (Å²) in [4.78, 5) is 2.55. The summed E-state index contributed by atoms with van der Waals surface area (Å²) in [5, 5.41) is 8.15. The molecule has 4 nitrogen and oxygen atoms in total. The third kappa shape index (κ3) is 3.83. The normalized spacial score (nSPS) is 20.1. The highest BCUT2D eigenvalue weighted by Crippen LogP contribution is 2.23. The van der Waals surface area contributed by atoms with Gasteiger partial charge in [-0.1, -0.05) is 6.42 Å². The fraction of sp³-hybridized carbons (Fsp3) is 0.800.